The number of rotatable bonds is 1. The molecule has 1 N–H and O–H groups in total. The summed E-state index contributed by atoms with van der Waals surface area (Å²) >= 11 is 5.72. The Morgan fingerprint density at radius 2 is 1.00 bits per heavy atom. The van der Waals surface area contributed by atoms with Crippen molar-refractivity contribution in [1.29, 1.82) is 0 Å². The molecule has 1 fully saturated rings. The maximum absolute atomic E-state index is 5.72. The van der Waals surface area contributed by atoms with Crippen molar-refractivity contribution >= 4 is 11.8 Å². The van der Waals surface area contributed by atoms with Gasteiger partial charge in [-0.1, -0.05) is 57.8 Å². The highest BCUT2D eigenvalue weighted by molar-refractivity contribution is 6.13. The van der Waals surface area contributed by atoms with Crippen molar-refractivity contribution in [3.63, 3.8) is 0 Å². The van der Waals surface area contributed by atoms with Crippen molar-refractivity contribution in [1.82, 2.24) is 4.84 Å². The summed E-state index contributed by atoms with van der Waals surface area (Å²) in [6, 6.07) is 0.566. The van der Waals surface area contributed by atoms with E-state index in [9.17, 15) is 0 Å². The average molecular weight is 218 g/mol. The SMILES string of the molecule is ClNC1CCCCCCCCCCC1. The molecule has 0 aliphatic heterocycles. The Kier molecular flexibility index (Phi) is 7.52. The fourth-order valence-electron chi connectivity index (χ4n) is 2.27. The lowest BCUT2D eigenvalue weighted by Gasteiger charge is -2.15. The zero-order valence-corrected chi connectivity index (χ0v) is 9.99. The van der Waals surface area contributed by atoms with E-state index in [1.54, 1.807) is 0 Å². The summed E-state index contributed by atoms with van der Waals surface area (Å²) in [7, 11) is 0. The zero-order valence-electron chi connectivity index (χ0n) is 9.23. The Morgan fingerprint density at radius 3 is 1.36 bits per heavy atom. The molecule has 1 aliphatic rings. The zero-order chi connectivity index (χ0) is 10.1. The maximum atomic E-state index is 5.72. The fourth-order valence-corrected chi connectivity index (χ4v) is 2.49. The Morgan fingerprint density at radius 1 is 0.643 bits per heavy atom. The summed E-state index contributed by atoms with van der Waals surface area (Å²) in [6.45, 7) is 0. The molecule has 1 aliphatic carbocycles. The van der Waals surface area contributed by atoms with Gasteiger partial charge in [0.1, 0.15) is 0 Å². The summed E-state index contributed by atoms with van der Waals surface area (Å²) in [5.41, 5.74) is 0. The van der Waals surface area contributed by atoms with Gasteiger partial charge in [-0.05, 0) is 24.6 Å². The molecule has 0 unspecified atom stereocenters. The highest BCUT2D eigenvalue weighted by atomic mass is 35.5. The highest BCUT2D eigenvalue weighted by Crippen LogP contribution is 2.16. The molecule has 0 spiro atoms. The summed E-state index contributed by atoms with van der Waals surface area (Å²) in [5.74, 6) is 0. The molecule has 0 aromatic heterocycles. The first-order chi connectivity index (χ1) is 6.93. The van der Waals surface area contributed by atoms with E-state index in [4.69, 9.17) is 11.8 Å². The van der Waals surface area contributed by atoms with Gasteiger partial charge in [-0.15, -0.1) is 0 Å². The van der Waals surface area contributed by atoms with E-state index in [1.807, 2.05) is 0 Å². The van der Waals surface area contributed by atoms with Gasteiger partial charge in [0.15, 0.2) is 0 Å². The molecule has 0 aromatic rings. The van der Waals surface area contributed by atoms with Crippen molar-refractivity contribution in [2.45, 2.75) is 76.7 Å². The second-order valence-corrected chi connectivity index (χ2v) is 4.78. The van der Waals surface area contributed by atoms with Crippen LogP contribution in [0.15, 0.2) is 0 Å². The van der Waals surface area contributed by atoms with Crippen LogP contribution < -0.4 is 4.84 Å². The second-order valence-electron chi connectivity index (χ2n) is 4.57. The van der Waals surface area contributed by atoms with Crippen LogP contribution in [0.1, 0.15) is 70.6 Å². The number of hydrogen-bond donors (Lipinski definition) is 1. The normalized spacial score (nSPS) is 23.8. The summed E-state index contributed by atoms with van der Waals surface area (Å²) in [6.07, 6.45) is 15.2. The van der Waals surface area contributed by atoms with Gasteiger partial charge < -0.3 is 0 Å². The monoisotopic (exact) mass is 217 g/mol. The summed E-state index contributed by atoms with van der Waals surface area (Å²) in [4.78, 5) is 2.93. The lowest BCUT2D eigenvalue weighted by molar-refractivity contribution is 0.449. The molecule has 0 radical (unpaired) electrons. The predicted molar refractivity (Wildman–Crippen MR) is 63.6 cm³/mol. The van der Waals surface area contributed by atoms with Crippen LogP contribution >= 0.6 is 11.8 Å². The van der Waals surface area contributed by atoms with Crippen LogP contribution in [0.25, 0.3) is 0 Å². The van der Waals surface area contributed by atoms with Gasteiger partial charge in [-0.25, -0.2) is 4.84 Å². The van der Waals surface area contributed by atoms with Crippen LogP contribution in [0.2, 0.25) is 0 Å². The standard InChI is InChI=1S/C12H24ClN/c13-14-12-10-8-6-4-2-1-3-5-7-9-11-12/h12,14H,1-11H2. The molecule has 1 nitrogen and oxygen atoms in total. The quantitative estimate of drug-likeness (QED) is 0.642. The van der Waals surface area contributed by atoms with E-state index < -0.39 is 0 Å². The highest BCUT2D eigenvalue weighted by Gasteiger charge is 2.07. The lowest BCUT2D eigenvalue weighted by atomic mass is 9.98. The van der Waals surface area contributed by atoms with Gasteiger partial charge in [0.25, 0.3) is 0 Å². The minimum absolute atomic E-state index is 0.566. The third kappa shape index (κ3) is 5.87. The van der Waals surface area contributed by atoms with Crippen molar-refractivity contribution in [3.8, 4) is 0 Å². The van der Waals surface area contributed by atoms with Crippen LogP contribution in [-0.2, 0) is 0 Å². The van der Waals surface area contributed by atoms with Crippen molar-refractivity contribution in [3.05, 3.63) is 0 Å². The molecule has 1 rings (SSSR count). The number of hydrogen-bond acceptors (Lipinski definition) is 1. The molecule has 0 amide bonds. The van der Waals surface area contributed by atoms with E-state index in [-0.39, 0.29) is 0 Å². The topological polar surface area (TPSA) is 12.0 Å². The molecular formula is C12H24ClN. The van der Waals surface area contributed by atoms with Crippen molar-refractivity contribution in [2.24, 2.45) is 0 Å². The third-order valence-corrected chi connectivity index (χ3v) is 3.57. The predicted octanol–water partition coefficient (Wildman–Crippen LogP) is 4.40. The maximum Gasteiger partial charge on any atom is 0.0220 e. The van der Waals surface area contributed by atoms with Gasteiger partial charge in [-0.3, -0.25) is 0 Å². The Labute approximate surface area is 93.7 Å². The fraction of sp³-hybridized carbons (Fsp3) is 1.00. The van der Waals surface area contributed by atoms with Crippen molar-refractivity contribution in [2.75, 3.05) is 0 Å². The molecule has 0 heterocycles. The van der Waals surface area contributed by atoms with E-state index in [1.165, 1.54) is 70.6 Å². The minimum Gasteiger partial charge on any atom is -0.230 e. The number of nitrogens with one attached hydrogen (secondary N) is 1. The van der Waals surface area contributed by atoms with Gasteiger partial charge >= 0.3 is 0 Å². The molecule has 1 saturated carbocycles. The molecule has 0 atom stereocenters. The molecule has 84 valence electrons. The first-order valence-electron chi connectivity index (χ1n) is 6.29. The van der Waals surface area contributed by atoms with Crippen LogP contribution in [0.4, 0.5) is 0 Å². The van der Waals surface area contributed by atoms with Crippen LogP contribution in [0, 0.1) is 0 Å². The number of halogens is 1. The van der Waals surface area contributed by atoms with Gasteiger partial charge in [0.05, 0.1) is 0 Å². The summed E-state index contributed by atoms with van der Waals surface area (Å²) < 4.78 is 0. The minimum atomic E-state index is 0.566. The van der Waals surface area contributed by atoms with Crippen molar-refractivity contribution < 1.29 is 0 Å². The van der Waals surface area contributed by atoms with Crippen LogP contribution in [0.3, 0.4) is 0 Å². The van der Waals surface area contributed by atoms with Gasteiger partial charge in [0.2, 0.25) is 0 Å². The first-order valence-corrected chi connectivity index (χ1v) is 6.67. The van der Waals surface area contributed by atoms with Crippen LogP contribution in [-0.4, -0.2) is 6.04 Å². The Bertz CT molecular complexity index is 115. The Hall–Kier alpha value is 0.250. The van der Waals surface area contributed by atoms with E-state index >= 15 is 0 Å². The second kappa shape index (κ2) is 8.55. The smallest absolute Gasteiger partial charge is 0.0220 e. The average Bonchev–Trinajstić information content (AvgIpc) is 2.19. The van der Waals surface area contributed by atoms with Gasteiger partial charge in [0, 0.05) is 6.04 Å². The Balaban J connectivity index is 2.17. The van der Waals surface area contributed by atoms with Gasteiger partial charge in [-0.2, -0.15) is 0 Å². The van der Waals surface area contributed by atoms with E-state index in [2.05, 4.69) is 4.84 Å². The van der Waals surface area contributed by atoms with Crippen LogP contribution in [0.5, 0.6) is 0 Å². The molecule has 14 heavy (non-hydrogen) atoms. The molecular weight excluding hydrogens is 194 g/mol. The lowest BCUT2D eigenvalue weighted by Crippen LogP contribution is -2.20. The van der Waals surface area contributed by atoms with E-state index in [0.29, 0.717) is 6.04 Å². The van der Waals surface area contributed by atoms with E-state index in [0.717, 1.165) is 0 Å². The summed E-state index contributed by atoms with van der Waals surface area (Å²) in [5, 5.41) is 0. The molecule has 0 aromatic carbocycles. The molecule has 0 saturated heterocycles. The third-order valence-electron chi connectivity index (χ3n) is 3.26. The first kappa shape index (κ1) is 12.3. The molecule has 0 bridgehead atoms. The largest absolute Gasteiger partial charge is 0.230 e. The molecule has 2 heteroatoms.